The fourth-order valence-electron chi connectivity index (χ4n) is 2.00. The molecule has 1 N–H and O–H groups in total. The predicted molar refractivity (Wildman–Crippen MR) is 71.7 cm³/mol. The van der Waals surface area contributed by atoms with Crippen molar-refractivity contribution in [3.63, 3.8) is 0 Å². The fourth-order valence-corrected chi connectivity index (χ4v) is 2.20. The zero-order valence-corrected chi connectivity index (χ0v) is 11.0. The van der Waals surface area contributed by atoms with Crippen LogP contribution in [0.3, 0.4) is 0 Å². The van der Waals surface area contributed by atoms with Crippen molar-refractivity contribution in [2.45, 2.75) is 31.2 Å². The van der Waals surface area contributed by atoms with Crippen molar-refractivity contribution in [1.29, 1.82) is 0 Å². The number of benzene rings is 1. The Bertz CT molecular complexity index is 352. The quantitative estimate of drug-likeness (QED) is 0.806. The number of ether oxygens (including phenoxy) is 1. The Morgan fingerprint density at radius 3 is 2.94 bits per heavy atom. The van der Waals surface area contributed by atoms with Gasteiger partial charge in [0.15, 0.2) is 0 Å². The van der Waals surface area contributed by atoms with Crippen LogP contribution in [-0.4, -0.2) is 26.3 Å². The summed E-state index contributed by atoms with van der Waals surface area (Å²) in [6.45, 7) is 1.82. The van der Waals surface area contributed by atoms with Crippen molar-refractivity contribution in [3.05, 3.63) is 34.9 Å². The van der Waals surface area contributed by atoms with Crippen LogP contribution in [0.2, 0.25) is 5.02 Å². The molecule has 1 saturated carbocycles. The van der Waals surface area contributed by atoms with Crippen molar-refractivity contribution in [1.82, 2.24) is 5.32 Å². The van der Waals surface area contributed by atoms with Crippen molar-refractivity contribution < 1.29 is 4.74 Å². The molecule has 0 radical (unpaired) electrons. The van der Waals surface area contributed by atoms with E-state index in [2.05, 4.69) is 17.4 Å². The molecule has 1 unspecified atom stereocenters. The molecular weight excluding hydrogens is 234 g/mol. The van der Waals surface area contributed by atoms with E-state index in [4.69, 9.17) is 16.3 Å². The van der Waals surface area contributed by atoms with Crippen LogP contribution in [-0.2, 0) is 4.74 Å². The topological polar surface area (TPSA) is 21.3 Å². The third kappa shape index (κ3) is 4.30. The molecule has 0 spiro atoms. The van der Waals surface area contributed by atoms with E-state index in [0.717, 1.165) is 30.6 Å². The highest BCUT2D eigenvalue weighted by atomic mass is 35.5. The van der Waals surface area contributed by atoms with Crippen LogP contribution in [0.1, 0.15) is 30.7 Å². The molecular formula is C14H20ClNO. The van der Waals surface area contributed by atoms with Gasteiger partial charge in [-0.25, -0.2) is 0 Å². The first kappa shape index (κ1) is 12.9. The number of nitrogens with one attached hydrogen (secondary N) is 1. The number of hydrogen-bond donors (Lipinski definition) is 1. The summed E-state index contributed by atoms with van der Waals surface area (Å²) in [7, 11) is 1.75. The average Bonchev–Trinajstić information content (AvgIpc) is 3.13. The molecule has 0 amide bonds. The zero-order chi connectivity index (χ0) is 12.1. The van der Waals surface area contributed by atoms with E-state index in [1.165, 1.54) is 18.4 Å². The second kappa shape index (κ2) is 6.39. The molecule has 1 fully saturated rings. The van der Waals surface area contributed by atoms with Gasteiger partial charge in [0, 0.05) is 31.3 Å². The van der Waals surface area contributed by atoms with Gasteiger partial charge in [0.25, 0.3) is 0 Å². The summed E-state index contributed by atoms with van der Waals surface area (Å²) in [6.07, 6.45) is 3.69. The molecule has 1 aromatic rings. The van der Waals surface area contributed by atoms with Gasteiger partial charge in [0.2, 0.25) is 0 Å². The molecule has 0 aliphatic heterocycles. The SMILES string of the molecule is COCCC(CNC1CC1)c1cccc(Cl)c1. The standard InChI is InChI=1S/C14H20ClNO/c1-17-8-7-12(10-16-14-5-6-14)11-3-2-4-13(15)9-11/h2-4,9,12,14,16H,5-8,10H2,1H3. The minimum atomic E-state index is 0.495. The molecule has 1 atom stereocenters. The van der Waals surface area contributed by atoms with Crippen molar-refractivity contribution in [2.75, 3.05) is 20.3 Å². The summed E-state index contributed by atoms with van der Waals surface area (Å²) in [5.74, 6) is 0.495. The van der Waals surface area contributed by atoms with E-state index in [-0.39, 0.29) is 0 Å². The van der Waals surface area contributed by atoms with Crippen molar-refractivity contribution >= 4 is 11.6 Å². The Balaban J connectivity index is 1.96. The van der Waals surface area contributed by atoms with Crippen LogP contribution in [0, 0.1) is 0 Å². The Labute approximate surface area is 108 Å². The molecule has 0 saturated heterocycles. The van der Waals surface area contributed by atoms with Gasteiger partial charge in [0.05, 0.1) is 0 Å². The Morgan fingerprint density at radius 2 is 2.29 bits per heavy atom. The van der Waals surface area contributed by atoms with Crippen LogP contribution >= 0.6 is 11.6 Å². The summed E-state index contributed by atoms with van der Waals surface area (Å²) >= 11 is 6.05. The van der Waals surface area contributed by atoms with Crippen molar-refractivity contribution in [3.8, 4) is 0 Å². The van der Waals surface area contributed by atoms with Crippen LogP contribution in [0.4, 0.5) is 0 Å². The lowest BCUT2D eigenvalue weighted by atomic mass is 9.96. The second-order valence-electron chi connectivity index (χ2n) is 4.72. The normalized spacial score (nSPS) is 17.1. The highest BCUT2D eigenvalue weighted by Gasteiger charge is 2.22. The molecule has 17 heavy (non-hydrogen) atoms. The molecule has 2 rings (SSSR count). The predicted octanol–water partition coefficient (Wildman–Crippen LogP) is 3.21. The molecule has 1 aliphatic carbocycles. The van der Waals surface area contributed by atoms with Gasteiger partial charge in [-0.05, 0) is 42.9 Å². The fraction of sp³-hybridized carbons (Fsp3) is 0.571. The van der Waals surface area contributed by atoms with E-state index in [1.807, 2.05) is 12.1 Å². The van der Waals surface area contributed by atoms with Gasteiger partial charge in [-0.3, -0.25) is 0 Å². The van der Waals surface area contributed by atoms with Gasteiger partial charge in [0.1, 0.15) is 0 Å². The summed E-state index contributed by atoms with van der Waals surface area (Å²) < 4.78 is 5.19. The maximum Gasteiger partial charge on any atom is 0.0468 e. The Hall–Kier alpha value is -0.570. The van der Waals surface area contributed by atoms with Gasteiger partial charge in [-0.1, -0.05) is 23.7 Å². The highest BCUT2D eigenvalue weighted by Crippen LogP contribution is 2.25. The second-order valence-corrected chi connectivity index (χ2v) is 5.15. The molecule has 3 heteroatoms. The summed E-state index contributed by atoms with van der Waals surface area (Å²) in [6, 6.07) is 8.91. The van der Waals surface area contributed by atoms with Crippen LogP contribution in [0.5, 0.6) is 0 Å². The van der Waals surface area contributed by atoms with Crippen LogP contribution < -0.4 is 5.32 Å². The third-order valence-electron chi connectivity index (χ3n) is 3.22. The molecule has 94 valence electrons. The van der Waals surface area contributed by atoms with Gasteiger partial charge >= 0.3 is 0 Å². The molecule has 1 aromatic carbocycles. The first-order valence-corrected chi connectivity index (χ1v) is 6.65. The lowest BCUT2D eigenvalue weighted by Gasteiger charge is -2.18. The van der Waals surface area contributed by atoms with Gasteiger partial charge in [-0.2, -0.15) is 0 Å². The highest BCUT2D eigenvalue weighted by molar-refractivity contribution is 6.30. The monoisotopic (exact) mass is 253 g/mol. The maximum atomic E-state index is 6.05. The van der Waals surface area contributed by atoms with E-state index >= 15 is 0 Å². The molecule has 0 heterocycles. The smallest absolute Gasteiger partial charge is 0.0468 e. The van der Waals surface area contributed by atoms with Crippen LogP contribution in [0.15, 0.2) is 24.3 Å². The number of methoxy groups -OCH3 is 1. The van der Waals surface area contributed by atoms with E-state index in [0.29, 0.717) is 5.92 Å². The van der Waals surface area contributed by atoms with Gasteiger partial charge in [-0.15, -0.1) is 0 Å². The first-order valence-electron chi connectivity index (χ1n) is 6.27. The van der Waals surface area contributed by atoms with E-state index in [1.54, 1.807) is 7.11 Å². The summed E-state index contributed by atoms with van der Waals surface area (Å²) in [4.78, 5) is 0. The van der Waals surface area contributed by atoms with E-state index in [9.17, 15) is 0 Å². The molecule has 0 bridgehead atoms. The maximum absolute atomic E-state index is 6.05. The molecule has 2 nitrogen and oxygen atoms in total. The average molecular weight is 254 g/mol. The Kier molecular flexibility index (Phi) is 4.84. The molecule has 0 aromatic heterocycles. The van der Waals surface area contributed by atoms with Crippen molar-refractivity contribution in [2.24, 2.45) is 0 Å². The number of halogens is 1. The molecule has 1 aliphatic rings. The summed E-state index contributed by atoms with van der Waals surface area (Å²) in [5, 5.41) is 4.40. The largest absolute Gasteiger partial charge is 0.385 e. The minimum absolute atomic E-state index is 0.495. The minimum Gasteiger partial charge on any atom is -0.385 e. The Morgan fingerprint density at radius 1 is 1.47 bits per heavy atom. The number of hydrogen-bond acceptors (Lipinski definition) is 2. The zero-order valence-electron chi connectivity index (χ0n) is 10.3. The lowest BCUT2D eigenvalue weighted by molar-refractivity contribution is 0.187. The third-order valence-corrected chi connectivity index (χ3v) is 3.46. The van der Waals surface area contributed by atoms with E-state index < -0.39 is 0 Å². The lowest BCUT2D eigenvalue weighted by Crippen LogP contribution is -2.24. The van der Waals surface area contributed by atoms with Crippen LogP contribution in [0.25, 0.3) is 0 Å². The number of rotatable bonds is 7. The summed E-state index contributed by atoms with van der Waals surface area (Å²) in [5.41, 5.74) is 1.31. The van der Waals surface area contributed by atoms with Gasteiger partial charge < -0.3 is 10.1 Å². The first-order chi connectivity index (χ1) is 8.29.